The Labute approximate surface area is 95.6 Å². The van der Waals surface area contributed by atoms with Crippen molar-refractivity contribution in [3.63, 3.8) is 0 Å². The Hall–Kier alpha value is -1.31. The second kappa shape index (κ2) is 3.93. The largest absolute Gasteiger partial charge is 0.249 e. The zero-order valence-electron chi connectivity index (χ0n) is 7.92. The van der Waals surface area contributed by atoms with Gasteiger partial charge in [-0.05, 0) is 24.3 Å². The highest BCUT2D eigenvalue weighted by molar-refractivity contribution is 7.91. The smallest absolute Gasteiger partial charge is 0.243 e. The van der Waals surface area contributed by atoms with Crippen molar-refractivity contribution < 1.29 is 12.8 Å². The highest BCUT2D eigenvalue weighted by Crippen LogP contribution is 2.27. The van der Waals surface area contributed by atoms with Crippen LogP contribution in [0.2, 0.25) is 0 Å². The van der Waals surface area contributed by atoms with Gasteiger partial charge in [0.2, 0.25) is 10.0 Å². The van der Waals surface area contributed by atoms with Crippen LogP contribution in [0.25, 0.3) is 10.6 Å². The molecule has 0 bridgehead atoms. The average molecular weight is 258 g/mol. The lowest BCUT2D eigenvalue weighted by Crippen LogP contribution is -2.09. The third kappa shape index (κ3) is 2.26. The molecule has 84 valence electrons. The van der Waals surface area contributed by atoms with E-state index in [4.69, 9.17) is 5.14 Å². The average Bonchev–Trinajstić information content (AvgIpc) is 2.67. The second-order valence-corrected chi connectivity index (χ2v) is 5.86. The maximum atomic E-state index is 12.7. The van der Waals surface area contributed by atoms with E-state index in [2.05, 4.69) is 4.98 Å². The van der Waals surface area contributed by atoms with Gasteiger partial charge in [0.1, 0.15) is 10.8 Å². The van der Waals surface area contributed by atoms with E-state index in [1.165, 1.54) is 30.5 Å². The lowest BCUT2D eigenvalue weighted by atomic mass is 10.2. The van der Waals surface area contributed by atoms with Crippen LogP contribution >= 0.6 is 11.3 Å². The van der Waals surface area contributed by atoms with Crippen molar-refractivity contribution in [2.45, 2.75) is 4.21 Å². The number of primary sulfonamides is 1. The van der Waals surface area contributed by atoms with Gasteiger partial charge in [-0.2, -0.15) is 0 Å². The van der Waals surface area contributed by atoms with Crippen molar-refractivity contribution >= 4 is 21.4 Å². The summed E-state index contributed by atoms with van der Waals surface area (Å²) in [5.41, 5.74) is 0.654. The van der Waals surface area contributed by atoms with Crippen LogP contribution in [0.4, 0.5) is 4.39 Å². The quantitative estimate of drug-likeness (QED) is 0.889. The van der Waals surface area contributed by atoms with Crippen LogP contribution < -0.4 is 5.14 Å². The van der Waals surface area contributed by atoms with E-state index in [-0.39, 0.29) is 10.0 Å². The molecule has 1 aromatic carbocycles. The minimum absolute atomic E-state index is 0.00757. The number of hydrogen-bond donors (Lipinski definition) is 1. The summed E-state index contributed by atoms with van der Waals surface area (Å²) in [6.07, 6.45) is 1.19. The number of nitrogens with zero attached hydrogens (tertiary/aromatic N) is 1. The second-order valence-electron chi connectivity index (χ2n) is 3.04. The molecule has 0 aliphatic rings. The van der Waals surface area contributed by atoms with Crippen molar-refractivity contribution in [2.75, 3.05) is 0 Å². The van der Waals surface area contributed by atoms with Crippen LogP contribution in [0, 0.1) is 5.82 Å². The van der Waals surface area contributed by atoms with Gasteiger partial charge < -0.3 is 0 Å². The van der Waals surface area contributed by atoms with Crippen molar-refractivity contribution in [1.82, 2.24) is 4.98 Å². The van der Waals surface area contributed by atoms with Crippen LogP contribution in [0.15, 0.2) is 34.7 Å². The van der Waals surface area contributed by atoms with Gasteiger partial charge in [0, 0.05) is 5.56 Å². The first-order chi connectivity index (χ1) is 7.47. The zero-order chi connectivity index (χ0) is 11.8. The van der Waals surface area contributed by atoms with E-state index in [1.54, 1.807) is 0 Å². The Kier molecular flexibility index (Phi) is 2.75. The van der Waals surface area contributed by atoms with Crippen molar-refractivity contribution in [3.8, 4) is 10.6 Å². The van der Waals surface area contributed by atoms with Gasteiger partial charge in [-0.25, -0.2) is 22.9 Å². The molecule has 0 atom stereocenters. The third-order valence-electron chi connectivity index (χ3n) is 1.86. The molecule has 4 nitrogen and oxygen atoms in total. The monoisotopic (exact) mass is 258 g/mol. The number of nitrogens with two attached hydrogens (primary N) is 1. The van der Waals surface area contributed by atoms with Crippen LogP contribution in [0.5, 0.6) is 0 Å². The predicted molar refractivity (Wildman–Crippen MR) is 58.9 cm³/mol. The molecule has 0 unspecified atom stereocenters. The van der Waals surface area contributed by atoms with Gasteiger partial charge >= 0.3 is 0 Å². The van der Waals surface area contributed by atoms with Gasteiger partial charge in [-0.1, -0.05) is 0 Å². The summed E-state index contributed by atoms with van der Waals surface area (Å²) in [6.45, 7) is 0. The highest BCUT2D eigenvalue weighted by atomic mass is 32.2. The first-order valence-electron chi connectivity index (χ1n) is 4.21. The molecule has 1 aromatic heterocycles. The van der Waals surface area contributed by atoms with E-state index in [1.807, 2.05) is 0 Å². The Morgan fingerprint density at radius 1 is 1.25 bits per heavy atom. The lowest BCUT2D eigenvalue weighted by molar-refractivity contribution is 0.599. The SMILES string of the molecule is NS(=O)(=O)c1cnc(-c2ccc(F)cc2)s1. The molecule has 0 spiro atoms. The molecular formula is C9H7FN2O2S2. The summed E-state index contributed by atoms with van der Waals surface area (Å²) in [5.74, 6) is -0.355. The molecule has 16 heavy (non-hydrogen) atoms. The summed E-state index contributed by atoms with van der Waals surface area (Å²) in [7, 11) is -3.72. The lowest BCUT2D eigenvalue weighted by Gasteiger charge is -1.94. The maximum Gasteiger partial charge on any atom is 0.249 e. The van der Waals surface area contributed by atoms with Crippen LogP contribution in [0.3, 0.4) is 0 Å². The van der Waals surface area contributed by atoms with Gasteiger partial charge in [0.15, 0.2) is 4.21 Å². The number of rotatable bonds is 2. The Morgan fingerprint density at radius 3 is 2.38 bits per heavy atom. The minimum atomic E-state index is -3.72. The molecule has 0 amide bonds. The Bertz CT molecular complexity index is 605. The van der Waals surface area contributed by atoms with E-state index < -0.39 is 10.0 Å². The van der Waals surface area contributed by atoms with E-state index in [0.717, 1.165) is 11.3 Å². The summed E-state index contributed by atoms with van der Waals surface area (Å²) in [5, 5.41) is 5.44. The molecule has 0 saturated heterocycles. The number of halogens is 1. The molecule has 7 heteroatoms. The van der Waals surface area contributed by atoms with Crippen molar-refractivity contribution in [2.24, 2.45) is 5.14 Å². The standard InChI is InChI=1S/C9H7FN2O2S2/c10-7-3-1-6(2-4-7)9-12-5-8(15-9)16(11,13)14/h1-5H,(H2,11,13,14). The third-order valence-corrected chi connectivity index (χ3v) is 4.31. The number of benzene rings is 1. The number of hydrogen-bond acceptors (Lipinski definition) is 4. The fourth-order valence-electron chi connectivity index (χ4n) is 1.12. The molecule has 0 saturated carbocycles. The van der Waals surface area contributed by atoms with E-state index in [9.17, 15) is 12.8 Å². The predicted octanol–water partition coefficient (Wildman–Crippen LogP) is 1.60. The first kappa shape index (κ1) is 11.2. The molecule has 0 radical (unpaired) electrons. The fourth-order valence-corrected chi connectivity index (χ4v) is 2.67. The molecule has 1 heterocycles. The molecule has 2 aromatic rings. The maximum absolute atomic E-state index is 12.7. The summed E-state index contributed by atoms with van der Waals surface area (Å²) in [6, 6.07) is 5.63. The number of thiazole rings is 1. The number of aromatic nitrogens is 1. The molecular weight excluding hydrogens is 251 g/mol. The molecule has 0 aliphatic carbocycles. The fraction of sp³-hybridized carbons (Fsp3) is 0. The van der Waals surface area contributed by atoms with Crippen LogP contribution in [-0.4, -0.2) is 13.4 Å². The van der Waals surface area contributed by atoms with Crippen LogP contribution in [-0.2, 0) is 10.0 Å². The Balaban J connectivity index is 2.43. The Morgan fingerprint density at radius 2 is 1.88 bits per heavy atom. The number of sulfonamides is 1. The van der Waals surface area contributed by atoms with Gasteiger partial charge in [-0.15, -0.1) is 11.3 Å². The van der Waals surface area contributed by atoms with Crippen LogP contribution in [0.1, 0.15) is 0 Å². The topological polar surface area (TPSA) is 73.1 Å². The first-order valence-corrected chi connectivity index (χ1v) is 6.58. The molecule has 2 rings (SSSR count). The normalized spacial score (nSPS) is 11.6. The van der Waals surface area contributed by atoms with E-state index in [0.29, 0.717) is 10.6 Å². The van der Waals surface area contributed by atoms with Gasteiger partial charge in [0.05, 0.1) is 6.20 Å². The summed E-state index contributed by atoms with van der Waals surface area (Å²) < 4.78 is 34.7. The van der Waals surface area contributed by atoms with E-state index >= 15 is 0 Å². The molecule has 0 aliphatic heterocycles. The molecule has 0 fully saturated rings. The summed E-state index contributed by atoms with van der Waals surface area (Å²) in [4.78, 5) is 3.92. The van der Waals surface area contributed by atoms with Gasteiger partial charge in [-0.3, -0.25) is 0 Å². The van der Waals surface area contributed by atoms with Gasteiger partial charge in [0.25, 0.3) is 0 Å². The van der Waals surface area contributed by atoms with Crippen molar-refractivity contribution in [1.29, 1.82) is 0 Å². The highest BCUT2D eigenvalue weighted by Gasteiger charge is 2.13. The summed E-state index contributed by atoms with van der Waals surface area (Å²) >= 11 is 0.952. The minimum Gasteiger partial charge on any atom is -0.243 e. The molecule has 2 N–H and O–H groups in total. The zero-order valence-corrected chi connectivity index (χ0v) is 9.56. The van der Waals surface area contributed by atoms with Crippen molar-refractivity contribution in [3.05, 3.63) is 36.3 Å².